The summed E-state index contributed by atoms with van der Waals surface area (Å²) in [5.74, 6) is -4.31. The summed E-state index contributed by atoms with van der Waals surface area (Å²) in [5.41, 5.74) is 2.07. The lowest BCUT2D eigenvalue weighted by atomic mass is 10.1. The third-order valence-corrected chi connectivity index (χ3v) is 5.18. The summed E-state index contributed by atoms with van der Waals surface area (Å²) < 4.78 is 33.1. The number of ether oxygens (including phenoxy) is 1. The van der Waals surface area contributed by atoms with Crippen LogP contribution in [-0.4, -0.2) is 45.7 Å². The number of pyridine rings is 1. The Hall–Kier alpha value is -4.67. The second-order valence-corrected chi connectivity index (χ2v) is 7.65. The Morgan fingerprint density at radius 3 is 2.50 bits per heavy atom. The molecule has 0 spiro atoms. The van der Waals surface area contributed by atoms with Gasteiger partial charge in [0.1, 0.15) is 0 Å². The van der Waals surface area contributed by atoms with Crippen molar-refractivity contribution in [2.45, 2.75) is 13.5 Å². The molecule has 11 heteroatoms. The van der Waals surface area contributed by atoms with Gasteiger partial charge in [0.25, 0.3) is 5.91 Å². The average molecular weight is 493 g/mol. The van der Waals surface area contributed by atoms with Crippen molar-refractivity contribution in [3.8, 4) is 11.3 Å². The molecule has 2 aromatic heterocycles. The van der Waals surface area contributed by atoms with Gasteiger partial charge in [-0.2, -0.15) is 5.10 Å². The fraction of sp³-hybridized carbons (Fsp3) is 0.160. The van der Waals surface area contributed by atoms with Crippen LogP contribution in [0.25, 0.3) is 22.3 Å². The number of esters is 1. The fourth-order valence-electron chi connectivity index (χ4n) is 3.42. The van der Waals surface area contributed by atoms with E-state index in [0.717, 1.165) is 17.7 Å². The van der Waals surface area contributed by atoms with Gasteiger partial charge in [-0.05, 0) is 25.1 Å². The molecule has 4 aromatic rings. The first-order valence-corrected chi connectivity index (χ1v) is 11.0. The fourth-order valence-corrected chi connectivity index (χ4v) is 3.42. The largest absolute Gasteiger partial charge is 0.452 e. The van der Waals surface area contributed by atoms with Crippen LogP contribution in [0.3, 0.4) is 0 Å². The van der Waals surface area contributed by atoms with E-state index in [0.29, 0.717) is 23.3 Å². The summed E-state index contributed by atoms with van der Waals surface area (Å²) in [4.78, 5) is 41.6. The molecule has 0 aliphatic rings. The molecule has 2 N–H and O–H groups in total. The quantitative estimate of drug-likeness (QED) is 0.364. The number of carbonyl (C=O) groups excluding carboxylic acids is 3. The Morgan fingerprint density at radius 1 is 1.00 bits per heavy atom. The van der Waals surface area contributed by atoms with Crippen LogP contribution in [0.4, 0.5) is 14.5 Å². The number of nitrogens with one attached hydrogen (secondary N) is 2. The van der Waals surface area contributed by atoms with Gasteiger partial charge in [-0.15, -0.1) is 0 Å². The number of nitrogens with zero attached hydrogens (tertiary/aromatic N) is 3. The molecule has 36 heavy (non-hydrogen) atoms. The van der Waals surface area contributed by atoms with E-state index in [-0.39, 0.29) is 11.3 Å². The summed E-state index contributed by atoms with van der Waals surface area (Å²) in [6.45, 7) is 1.34. The van der Waals surface area contributed by atoms with E-state index in [1.54, 1.807) is 10.7 Å². The zero-order valence-electron chi connectivity index (χ0n) is 19.1. The lowest BCUT2D eigenvalue weighted by Gasteiger charge is -2.10. The van der Waals surface area contributed by atoms with E-state index in [4.69, 9.17) is 4.74 Å². The zero-order valence-corrected chi connectivity index (χ0v) is 19.1. The maximum absolute atomic E-state index is 13.2. The molecule has 184 valence electrons. The maximum Gasteiger partial charge on any atom is 0.339 e. The molecular formula is C25H21F2N5O4. The monoisotopic (exact) mass is 493 g/mol. The van der Waals surface area contributed by atoms with Gasteiger partial charge in [-0.25, -0.2) is 23.2 Å². The van der Waals surface area contributed by atoms with Gasteiger partial charge in [-0.3, -0.25) is 9.59 Å². The number of amides is 2. The van der Waals surface area contributed by atoms with Crippen molar-refractivity contribution >= 4 is 34.5 Å². The topological polar surface area (TPSA) is 115 Å². The van der Waals surface area contributed by atoms with Crippen LogP contribution in [0.5, 0.6) is 0 Å². The molecule has 0 radical (unpaired) electrons. The van der Waals surface area contributed by atoms with E-state index in [1.807, 2.05) is 37.3 Å². The zero-order chi connectivity index (χ0) is 25.7. The molecule has 0 saturated carbocycles. The Kier molecular flexibility index (Phi) is 7.28. The summed E-state index contributed by atoms with van der Waals surface area (Å²) in [6.07, 6.45) is 1.51. The molecule has 0 fully saturated rings. The predicted molar refractivity (Wildman–Crippen MR) is 127 cm³/mol. The van der Waals surface area contributed by atoms with Gasteiger partial charge >= 0.3 is 5.97 Å². The number of benzene rings is 2. The van der Waals surface area contributed by atoms with Crippen LogP contribution in [-0.2, 0) is 20.9 Å². The Labute approximate surface area is 204 Å². The summed E-state index contributed by atoms with van der Waals surface area (Å²) in [5, 5.41) is 9.36. The number of halogens is 2. The van der Waals surface area contributed by atoms with Crippen LogP contribution in [0.15, 0.2) is 60.8 Å². The van der Waals surface area contributed by atoms with E-state index in [9.17, 15) is 23.2 Å². The highest BCUT2D eigenvalue weighted by Crippen LogP contribution is 2.25. The van der Waals surface area contributed by atoms with Gasteiger partial charge in [0.05, 0.1) is 29.4 Å². The predicted octanol–water partition coefficient (Wildman–Crippen LogP) is 3.31. The van der Waals surface area contributed by atoms with E-state index < -0.39 is 42.6 Å². The van der Waals surface area contributed by atoms with Crippen LogP contribution < -0.4 is 10.6 Å². The van der Waals surface area contributed by atoms with Gasteiger partial charge in [-0.1, -0.05) is 30.3 Å². The van der Waals surface area contributed by atoms with Crippen LogP contribution in [0.1, 0.15) is 17.3 Å². The first-order chi connectivity index (χ1) is 17.4. The van der Waals surface area contributed by atoms with Gasteiger partial charge in [0.15, 0.2) is 23.9 Å². The molecule has 2 heterocycles. The Morgan fingerprint density at radius 2 is 1.78 bits per heavy atom. The number of anilines is 1. The molecule has 0 saturated heterocycles. The number of rotatable bonds is 8. The molecule has 9 nitrogen and oxygen atoms in total. The summed E-state index contributed by atoms with van der Waals surface area (Å²) in [7, 11) is 0. The standard InChI is InChI=1S/C25H21F2N5O4/c1-2-32-24-18(12-29-32)17(11-21(31-24)15-6-4-3-5-7-15)25(35)36-14-23(34)28-13-22(33)30-16-8-9-19(26)20(27)10-16/h3-12H,2,13-14H2,1H3,(H,28,34)(H,30,33). The summed E-state index contributed by atoms with van der Waals surface area (Å²) in [6, 6.07) is 13.7. The van der Waals surface area contributed by atoms with E-state index in [1.165, 1.54) is 12.3 Å². The van der Waals surface area contributed by atoms with Crippen LogP contribution in [0.2, 0.25) is 0 Å². The van der Waals surface area contributed by atoms with E-state index in [2.05, 4.69) is 20.7 Å². The van der Waals surface area contributed by atoms with Crippen LogP contribution >= 0.6 is 0 Å². The van der Waals surface area contributed by atoms with Crippen molar-refractivity contribution in [1.82, 2.24) is 20.1 Å². The van der Waals surface area contributed by atoms with Gasteiger partial charge in [0.2, 0.25) is 5.91 Å². The minimum atomic E-state index is -1.12. The molecule has 2 amide bonds. The smallest absolute Gasteiger partial charge is 0.339 e. The van der Waals surface area contributed by atoms with E-state index >= 15 is 0 Å². The number of hydrogen-bond donors (Lipinski definition) is 2. The maximum atomic E-state index is 13.2. The van der Waals surface area contributed by atoms with Crippen molar-refractivity contribution in [3.05, 3.63) is 78.0 Å². The summed E-state index contributed by atoms with van der Waals surface area (Å²) >= 11 is 0. The first-order valence-electron chi connectivity index (χ1n) is 11.0. The van der Waals surface area contributed by atoms with Crippen molar-refractivity contribution in [3.63, 3.8) is 0 Å². The number of aromatic nitrogens is 3. The second-order valence-electron chi connectivity index (χ2n) is 7.65. The number of aryl methyl sites for hydroxylation is 1. The minimum Gasteiger partial charge on any atom is -0.452 e. The number of fused-ring (bicyclic) bond motifs is 1. The lowest BCUT2D eigenvalue weighted by Crippen LogP contribution is -2.35. The van der Waals surface area contributed by atoms with Crippen molar-refractivity contribution in [1.29, 1.82) is 0 Å². The molecule has 4 rings (SSSR count). The lowest BCUT2D eigenvalue weighted by molar-refractivity contribution is -0.126. The highest BCUT2D eigenvalue weighted by atomic mass is 19.2. The van der Waals surface area contributed by atoms with Gasteiger partial charge in [0, 0.05) is 23.9 Å². The number of hydrogen-bond acceptors (Lipinski definition) is 6. The SMILES string of the molecule is CCn1ncc2c(C(=O)OCC(=O)NCC(=O)Nc3ccc(F)c(F)c3)cc(-c3ccccc3)nc21. The third kappa shape index (κ3) is 5.52. The number of carbonyl (C=O) groups is 3. The minimum absolute atomic E-state index is 0.0307. The van der Waals surface area contributed by atoms with Crippen molar-refractivity contribution < 1.29 is 27.9 Å². The molecule has 0 aliphatic carbocycles. The van der Waals surface area contributed by atoms with Crippen molar-refractivity contribution in [2.24, 2.45) is 0 Å². The second kappa shape index (κ2) is 10.7. The third-order valence-electron chi connectivity index (χ3n) is 5.18. The molecule has 0 bridgehead atoms. The highest BCUT2D eigenvalue weighted by molar-refractivity contribution is 6.04. The molecule has 0 atom stereocenters. The molecule has 0 aliphatic heterocycles. The van der Waals surface area contributed by atoms with Crippen molar-refractivity contribution in [2.75, 3.05) is 18.5 Å². The molecular weight excluding hydrogens is 472 g/mol. The molecule has 2 aromatic carbocycles. The first kappa shape index (κ1) is 24.5. The Balaban J connectivity index is 1.40. The normalized spacial score (nSPS) is 10.8. The van der Waals surface area contributed by atoms with Crippen LogP contribution in [0, 0.1) is 11.6 Å². The molecule has 0 unspecified atom stereocenters. The highest BCUT2D eigenvalue weighted by Gasteiger charge is 2.19. The Bertz CT molecular complexity index is 1440. The van der Waals surface area contributed by atoms with Gasteiger partial charge < -0.3 is 15.4 Å². The average Bonchev–Trinajstić information content (AvgIpc) is 3.31.